The number of benzene rings is 2. The number of amides is 2. The third kappa shape index (κ3) is 13.9. The molecule has 0 aliphatic heterocycles. The number of esters is 2. The number of ether oxygens (including phenoxy) is 3. The van der Waals surface area contributed by atoms with Crippen LogP contribution in [0.15, 0.2) is 48.5 Å². The maximum absolute atomic E-state index is 12.6. The van der Waals surface area contributed by atoms with Gasteiger partial charge in [-0.05, 0) is 85.2 Å². The topological polar surface area (TPSA) is 144 Å². The third-order valence-corrected chi connectivity index (χ3v) is 6.69. The van der Waals surface area contributed by atoms with Gasteiger partial charge in [0.05, 0.1) is 16.9 Å². The highest BCUT2D eigenvalue weighted by atomic mass is 79.9. The molecule has 11 nitrogen and oxygen atoms in total. The molecule has 2 aromatic carbocycles. The molecule has 0 spiro atoms. The van der Waals surface area contributed by atoms with E-state index in [-0.39, 0.29) is 73.0 Å². The van der Waals surface area contributed by atoms with E-state index in [4.69, 9.17) is 14.2 Å². The number of β-amino-alcohol motifs (C(OH)–C–C–N with tert-alkyl or cyclic N) is 1. The number of rotatable bonds is 14. The van der Waals surface area contributed by atoms with Crippen molar-refractivity contribution in [3.63, 3.8) is 0 Å². The van der Waals surface area contributed by atoms with Gasteiger partial charge in [-0.1, -0.05) is 24.3 Å². The van der Waals surface area contributed by atoms with Crippen molar-refractivity contribution >= 4 is 40.7 Å². The lowest BCUT2D eigenvalue weighted by Crippen LogP contribution is -2.50. The first kappa shape index (κ1) is 40.5. The van der Waals surface area contributed by atoms with Crippen molar-refractivity contribution in [1.82, 2.24) is 15.5 Å². The van der Waals surface area contributed by atoms with E-state index in [1.807, 2.05) is 32.0 Å². The lowest BCUT2D eigenvalue weighted by atomic mass is 9.97. The number of carbonyl (C=O) groups excluding carboxylic acids is 4. The predicted octanol–water partition coefficient (Wildman–Crippen LogP) is 4.61. The number of para-hydroxylation sites is 1. The lowest BCUT2D eigenvalue weighted by molar-refractivity contribution is -0.145. The average molecular weight is 709 g/mol. The first-order valence-corrected chi connectivity index (χ1v) is 15.0. The zero-order chi connectivity index (χ0) is 34.0. The molecular weight excluding hydrogens is 658 g/mol. The molecule has 0 saturated heterocycles. The number of aliphatic hydroxyl groups is 1. The first-order valence-electron chi connectivity index (χ1n) is 15.0. The van der Waals surface area contributed by atoms with E-state index in [0.29, 0.717) is 11.3 Å². The summed E-state index contributed by atoms with van der Waals surface area (Å²) < 4.78 is 16.6. The zero-order valence-corrected chi connectivity index (χ0v) is 30.1. The van der Waals surface area contributed by atoms with Gasteiger partial charge < -0.3 is 34.9 Å². The molecule has 2 amide bonds. The van der Waals surface area contributed by atoms with Crippen LogP contribution in [0, 0.1) is 10.8 Å². The van der Waals surface area contributed by atoms with Crippen LogP contribution >= 0.6 is 17.0 Å². The van der Waals surface area contributed by atoms with Crippen molar-refractivity contribution < 1.29 is 38.5 Å². The zero-order valence-electron chi connectivity index (χ0n) is 28.4. The molecule has 0 aliphatic rings. The fourth-order valence-electron chi connectivity index (χ4n) is 3.53. The fourth-order valence-corrected chi connectivity index (χ4v) is 3.53. The molecule has 46 heavy (non-hydrogen) atoms. The van der Waals surface area contributed by atoms with Crippen molar-refractivity contribution in [2.75, 3.05) is 33.3 Å². The maximum Gasteiger partial charge on any atom is 0.316 e. The number of halogens is 1. The quantitative estimate of drug-likeness (QED) is 0.189. The number of nitrogens with one attached hydrogen (secondary N) is 2. The van der Waals surface area contributed by atoms with E-state index in [0.717, 1.165) is 0 Å². The second kappa shape index (κ2) is 17.4. The molecule has 2 aromatic rings. The van der Waals surface area contributed by atoms with E-state index in [1.165, 1.54) is 17.0 Å². The molecule has 0 fully saturated rings. The molecule has 256 valence electrons. The minimum Gasteiger partial charge on any atom is -0.484 e. The second-order valence-electron chi connectivity index (χ2n) is 13.7. The summed E-state index contributed by atoms with van der Waals surface area (Å²) in [7, 11) is 1.62. The summed E-state index contributed by atoms with van der Waals surface area (Å²) in [6, 6.07) is 13.6. The molecule has 1 unspecified atom stereocenters. The Bertz CT molecular complexity index is 1320. The Morgan fingerprint density at radius 2 is 1.41 bits per heavy atom. The summed E-state index contributed by atoms with van der Waals surface area (Å²) in [5.74, 6) is -0.766. The molecule has 3 N–H and O–H groups in total. The summed E-state index contributed by atoms with van der Waals surface area (Å²) in [5.41, 5.74) is -1.73. The molecule has 0 heterocycles. The minimum absolute atomic E-state index is 0. The van der Waals surface area contributed by atoms with Crippen molar-refractivity contribution in [3.8, 4) is 17.2 Å². The third-order valence-electron chi connectivity index (χ3n) is 6.69. The highest BCUT2D eigenvalue weighted by Crippen LogP contribution is 2.34. The van der Waals surface area contributed by atoms with Gasteiger partial charge in [0.15, 0.2) is 18.1 Å². The Morgan fingerprint density at radius 1 is 0.848 bits per heavy atom. The maximum atomic E-state index is 12.6. The molecular formula is C34H50BrN3O8. The standard InChI is InChI=1S/C34H49N3O8.BrH/c1-32(2,3)30(41)44-26-16-15-23(19-27(26)45-31(42)33(4,5)6)25(38)20-36-34(7,8)22-35-28(39)17-18-37(9)29(40)21-43-24-13-11-10-12-14-24;/h10-16,19,25,36,38H,17-18,20-22H2,1-9H3,(H,35,39);1H. The molecule has 12 heteroatoms. The van der Waals surface area contributed by atoms with Gasteiger partial charge in [-0.2, -0.15) is 0 Å². The smallest absolute Gasteiger partial charge is 0.316 e. The molecule has 0 bridgehead atoms. The number of likely N-dealkylation sites (N-methyl/N-ethyl adjacent to an activating group) is 1. The van der Waals surface area contributed by atoms with Crippen LogP contribution in [-0.4, -0.2) is 72.6 Å². The lowest BCUT2D eigenvalue weighted by Gasteiger charge is -2.28. The Morgan fingerprint density at radius 3 is 1.98 bits per heavy atom. The molecule has 0 saturated carbocycles. The van der Waals surface area contributed by atoms with Crippen LogP contribution < -0.4 is 24.8 Å². The minimum atomic E-state index is -1.00. The van der Waals surface area contributed by atoms with E-state index >= 15 is 0 Å². The number of carbonyl (C=O) groups is 4. The van der Waals surface area contributed by atoms with Gasteiger partial charge >= 0.3 is 11.9 Å². The van der Waals surface area contributed by atoms with Crippen molar-refractivity contribution in [1.29, 1.82) is 0 Å². The van der Waals surface area contributed by atoms with Gasteiger partial charge in [0, 0.05) is 38.6 Å². The van der Waals surface area contributed by atoms with Gasteiger partial charge in [-0.15, -0.1) is 17.0 Å². The fraction of sp³-hybridized carbons (Fsp3) is 0.529. The SMILES string of the molecule is Br.CN(CCC(=O)NCC(C)(C)NCC(O)c1ccc(OC(=O)C(C)(C)C)c(OC(=O)C(C)(C)C)c1)C(=O)COc1ccccc1. The van der Waals surface area contributed by atoms with Gasteiger partial charge in [-0.25, -0.2) is 0 Å². The van der Waals surface area contributed by atoms with E-state index in [2.05, 4.69) is 10.6 Å². The van der Waals surface area contributed by atoms with Crippen LogP contribution in [0.4, 0.5) is 0 Å². The van der Waals surface area contributed by atoms with Crippen LogP contribution in [0.5, 0.6) is 17.2 Å². The summed E-state index contributed by atoms with van der Waals surface area (Å²) in [4.78, 5) is 51.4. The predicted molar refractivity (Wildman–Crippen MR) is 181 cm³/mol. The van der Waals surface area contributed by atoms with E-state index in [1.54, 1.807) is 66.8 Å². The Balaban J connectivity index is 0.0000106. The van der Waals surface area contributed by atoms with Gasteiger partial charge in [-0.3, -0.25) is 19.2 Å². The number of hydrogen-bond acceptors (Lipinski definition) is 9. The Kier molecular flexibility index (Phi) is 15.4. The van der Waals surface area contributed by atoms with Crippen LogP contribution in [0.1, 0.15) is 73.5 Å². The molecule has 0 aromatic heterocycles. The monoisotopic (exact) mass is 707 g/mol. The number of nitrogens with zero attached hydrogens (tertiary/aromatic N) is 1. The van der Waals surface area contributed by atoms with Gasteiger partial charge in [0.2, 0.25) is 5.91 Å². The summed E-state index contributed by atoms with van der Waals surface area (Å²) in [6.07, 6.45) is -0.883. The molecule has 0 radical (unpaired) electrons. The van der Waals surface area contributed by atoms with Crippen LogP contribution in [0.25, 0.3) is 0 Å². The van der Waals surface area contributed by atoms with Gasteiger partial charge in [0.1, 0.15) is 5.75 Å². The Hall–Kier alpha value is -3.48. The highest BCUT2D eigenvalue weighted by molar-refractivity contribution is 8.93. The summed E-state index contributed by atoms with van der Waals surface area (Å²) in [5, 5.41) is 17.1. The van der Waals surface area contributed by atoms with Crippen molar-refractivity contribution in [3.05, 3.63) is 54.1 Å². The van der Waals surface area contributed by atoms with Crippen LogP contribution in [-0.2, 0) is 19.2 Å². The number of aliphatic hydroxyl groups excluding tert-OH is 1. The Labute approximate surface area is 283 Å². The summed E-state index contributed by atoms with van der Waals surface area (Å²) >= 11 is 0. The highest BCUT2D eigenvalue weighted by Gasteiger charge is 2.29. The normalized spacial score (nSPS) is 12.3. The first-order chi connectivity index (χ1) is 20.8. The molecule has 2 rings (SSSR count). The van der Waals surface area contributed by atoms with Crippen LogP contribution in [0.2, 0.25) is 0 Å². The van der Waals surface area contributed by atoms with E-state index in [9.17, 15) is 24.3 Å². The molecule has 1 atom stereocenters. The largest absolute Gasteiger partial charge is 0.484 e. The molecule has 0 aliphatic carbocycles. The van der Waals surface area contributed by atoms with E-state index < -0.39 is 34.4 Å². The van der Waals surface area contributed by atoms with Crippen molar-refractivity contribution in [2.24, 2.45) is 10.8 Å². The average Bonchev–Trinajstić information content (AvgIpc) is 2.96. The second-order valence-corrected chi connectivity index (χ2v) is 13.7. The van der Waals surface area contributed by atoms with Gasteiger partial charge in [0.25, 0.3) is 5.91 Å². The van der Waals surface area contributed by atoms with Crippen molar-refractivity contribution in [2.45, 2.75) is 73.5 Å². The van der Waals surface area contributed by atoms with Crippen LogP contribution in [0.3, 0.4) is 0 Å². The number of hydrogen-bond donors (Lipinski definition) is 3. The summed E-state index contributed by atoms with van der Waals surface area (Å²) in [6.45, 7) is 14.5.